The van der Waals surface area contributed by atoms with Gasteiger partial charge in [-0.3, -0.25) is 23.9 Å². The number of aromatic nitrogens is 1. The summed E-state index contributed by atoms with van der Waals surface area (Å²) in [7, 11) is -3.84. The molecule has 0 spiro atoms. The van der Waals surface area contributed by atoms with Crippen molar-refractivity contribution < 1.29 is 13.2 Å². The smallest absolute Gasteiger partial charge is 0.279 e. The third kappa shape index (κ3) is 4.90. The van der Waals surface area contributed by atoms with Crippen LogP contribution in [0.3, 0.4) is 0 Å². The molecule has 1 amide bonds. The molecule has 2 aliphatic rings. The number of hydrogen-bond acceptors (Lipinski definition) is 6. The van der Waals surface area contributed by atoms with Gasteiger partial charge in [0.1, 0.15) is 11.5 Å². The van der Waals surface area contributed by atoms with Gasteiger partial charge in [0, 0.05) is 17.8 Å². The lowest BCUT2D eigenvalue weighted by Gasteiger charge is -2.25. The van der Waals surface area contributed by atoms with E-state index in [0.717, 1.165) is 18.5 Å². The number of amidine groups is 1. The molecule has 1 saturated carbocycles. The van der Waals surface area contributed by atoms with Gasteiger partial charge in [0.25, 0.3) is 5.56 Å². The summed E-state index contributed by atoms with van der Waals surface area (Å²) in [5.41, 5.74) is 8.43. The average Bonchev–Trinajstić information content (AvgIpc) is 3.61. The van der Waals surface area contributed by atoms with Crippen molar-refractivity contribution >= 4 is 33.7 Å². The minimum Gasteiger partial charge on any atom is -0.382 e. The van der Waals surface area contributed by atoms with Crippen LogP contribution in [0, 0.1) is 0 Å². The van der Waals surface area contributed by atoms with Crippen LogP contribution in [0.2, 0.25) is 0 Å². The summed E-state index contributed by atoms with van der Waals surface area (Å²) >= 11 is 0. The minimum absolute atomic E-state index is 0.0884. The van der Waals surface area contributed by atoms with Crippen LogP contribution in [0.15, 0.2) is 70.0 Å². The third-order valence-corrected chi connectivity index (χ3v) is 6.80. The Morgan fingerprint density at radius 2 is 1.91 bits per heavy atom. The van der Waals surface area contributed by atoms with Crippen molar-refractivity contribution in [1.29, 1.82) is 0 Å². The van der Waals surface area contributed by atoms with Gasteiger partial charge in [0.15, 0.2) is 0 Å². The van der Waals surface area contributed by atoms with E-state index >= 15 is 0 Å². The molecule has 33 heavy (non-hydrogen) atoms. The van der Waals surface area contributed by atoms with Crippen LogP contribution in [0.4, 0.5) is 5.69 Å². The highest BCUT2D eigenvalue weighted by Crippen LogP contribution is 2.41. The van der Waals surface area contributed by atoms with E-state index in [1.54, 1.807) is 36.4 Å². The van der Waals surface area contributed by atoms with Crippen molar-refractivity contribution in [1.82, 2.24) is 9.88 Å². The second-order valence-corrected chi connectivity index (χ2v) is 9.79. The zero-order valence-corrected chi connectivity index (χ0v) is 18.8. The summed E-state index contributed by atoms with van der Waals surface area (Å²) in [5, 5.41) is 2.60. The molecule has 0 unspecified atom stereocenters. The van der Waals surface area contributed by atoms with E-state index in [1.165, 1.54) is 10.6 Å². The number of aliphatic imine (C=N–C) groups is 1. The maximum absolute atomic E-state index is 13.6. The van der Waals surface area contributed by atoms with Crippen LogP contribution in [0.1, 0.15) is 30.0 Å². The van der Waals surface area contributed by atoms with Crippen LogP contribution >= 0.6 is 0 Å². The monoisotopic (exact) mass is 467 g/mol. The normalized spacial score (nSPS) is 16.4. The van der Waals surface area contributed by atoms with Crippen molar-refractivity contribution in [3.63, 3.8) is 0 Å². The lowest BCUT2D eigenvalue weighted by atomic mass is 10.0. The molecule has 0 saturated heterocycles. The molecule has 2 aromatic rings. The van der Waals surface area contributed by atoms with Crippen LogP contribution in [0.25, 0.3) is 5.70 Å². The van der Waals surface area contributed by atoms with Crippen molar-refractivity contribution in [3.05, 3.63) is 81.8 Å². The van der Waals surface area contributed by atoms with Gasteiger partial charge in [-0.1, -0.05) is 36.9 Å². The number of dihydropyridines is 1. The molecule has 2 heterocycles. The fourth-order valence-corrected chi connectivity index (χ4v) is 5.02. The summed E-state index contributed by atoms with van der Waals surface area (Å²) in [6.45, 7) is 4.38. The third-order valence-electron chi connectivity index (χ3n) is 5.55. The Labute approximate surface area is 191 Å². The summed E-state index contributed by atoms with van der Waals surface area (Å²) < 4.78 is 29.4. The molecule has 1 fully saturated rings. The Balaban J connectivity index is 1.81. The maximum atomic E-state index is 13.6. The number of nitrogens with two attached hydrogens (primary N) is 1. The van der Waals surface area contributed by atoms with E-state index in [0.29, 0.717) is 28.8 Å². The largest absolute Gasteiger partial charge is 0.382 e. The van der Waals surface area contributed by atoms with Crippen molar-refractivity contribution in [3.8, 4) is 0 Å². The maximum Gasteiger partial charge on any atom is 0.279 e. The van der Waals surface area contributed by atoms with E-state index in [4.69, 9.17) is 5.73 Å². The highest BCUT2D eigenvalue weighted by atomic mass is 32.2. The highest BCUT2D eigenvalue weighted by Gasteiger charge is 2.31. The summed E-state index contributed by atoms with van der Waals surface area (Å²) in [6.07, 6.45) is 2.37. The molecule has 4 rings (SSSR count). The van der Waals surface area contributed by atoms with E-state index in [1.807, 2.05) is 0 Å². The van der Waals surface area contributed by atoms with Gasteiger partial charge in [-0.05, 0) is 42.0 Å². The number of nitrogens with one attached hydrogen (secondary N) is 2. The van der Waals surface area contributed by atoms with Gasteiger partial charge in [-0.25, -0.2) is 8.42 Å². The minimum atomic E-state index is -3.84. The Morgan fingerprint density at radius 3 is 2.58 bits per heavy atom. The molecule has 0 radical (unpaired) electrons. The van der Waals surface area contributed by atoms with Crippen molar-refractivity contribution in [2.75, 3.05) is 17.8 Å². The lowest BCUT2D eigenvalue weighted by Crippen LogP contribution is -2.36. The Hall–Kier alpha value is -3.66. The first-order valence-electron chi connectivity index (χ1n) is 10.5. The van der Waals surface area contributed by atoms with Crippen molar-refractivity contribution in [2.45, 2.75) is 24.5 Å². The second-order valence-electron chi connectivity index (χ2n) is 8.06. The number of benzene rings is 1. The summed E-state index contributed by atoms with van der Waals surface area (Å²) in [5.74, 6) is 0.0248. The molecule has 0 bridgehead atoms. The van der Waals surface area contributed by atoms with E-state index in [9.17, 15) is 18.0 Å². The molecular weight excluding hydrogens is 442 g/mol. The fraction of sp³-hybridized carbons (Fsp3) is 0.261. The zero-order valence-electron chi connectivity index (χ0n) is 18.0. The first-order valence-corrected chi connectivity index (χ1v) is 12.2. The predicted octanol–water partition coefficient (Wildman–Crippen LogP) is 1.55. The number of sulfonamides is 1. The Bertz CT molecular complexity index is 1320. The number of carbonyl (C=O) groups is 1. The number of amides is 1. The lowest BCUT2D eigenvalue weighted by molar-refractivity contribution is -0.109. The van der Waals surface area contributed by atoms with Gasteiger partial charge in [-0.2, -0.15) is 0 Å². The highest BCUT2D eigenvalue weighted by molar-refractivity contribution is 7.91. The SMILES string of the molecule is C=C1CN=C(N)C(n2c(C3CC3)ccc(NS(=O)(=O)Cc3ccccc3)c2=O)=C1CNC=O. The number of rotatable bonds is 9. The van der Waals surface area contributed by atoms with Crippen LogP contribution in [0.5, 0.6) is 0 Å². The average molecular weight is 468 g/mol. The van der Waals surface area contributed by atoms with E-state index in [-0.39, 0.29) is 36.3 Å². The topological polar surface area (TPSA) is 136 Å². The molecular formula is C23H25N5O4S. The molecule has 1 aliphatic carbocycles. The number of carbonyl (C=O) groups excluding carboxylic acids is 1. The predicted molar refractivity (Wildman–Crippen MR) is 128 cm³/mol. The van der Waals surface area contributed by atoms with Gasteiger partial charge in [0.2, 0.25) is 16.4 Å². The first-order chi connectivity index (χ1) is 15.8. The Morgan fingerprint density at radius 1 is 1.18 bits per heavy atom. The molecule has 10 heteroatoms. The van der Waals surface area contributed by atoms with Crippen molar-refractivity contribution in [2.24, 2.45) is 10.7 Å². The molecule has 9 nitrogen and oxygen atoms in total. The number of anilines is 1. The van der Waals surface area contributed by atoms with Crippen LogP contribution < -0.4 is 21.3 Å². The quantitative estimate of drug-likeness (QED) is 0.481. The Kier molecular flexibility index (Phi) is 6.19. The molecule has 1 aromatic carbocycles. The summed E-state index contributed by atoms with van der Waals surface area (Å²) in [4.78, 5) is 28.8. The van der Waals surface area contributed by atoms with Crippen LogP contribution in [-0.4, -0.2) is 38.3 Å². The number of pyridine rings is 1. The van der Waals surface area contributed by atoms with E-state index < -0.39 is 15.6 Å². The molecule has 1 aliphatic heterocycles. The number of nitrogens with zero attached hydrogens (tertiary/aromatic N) is 2. The standard InChI is InChI=1S/C23H25N5O4S/c1-15-11-26-22(24)21(18(15)12-25-14-29)28-20(17-7-8-17)10-9-19(23(28)30)27-33(31,32)13-16-5-3-2-4-6-16/h2-6,9-10,14,17,27H,1,7-8,11-13H2,(H2,24,26)(H,25,29). The van der Waals surface area contributed by atoms with Gasteiger partial charge in [-0.15, -0.1) is 0 Å². The summed E-state index contributed by atoms with van der Waals surface area (Å²) in [6, 6.07) is 11.9. The molecule has 1 aromatic heterocycles. The van der Waals surface area contributed by atoms with Gasteiger partial charge >= 0.3 is 0 Å². The zero-order chi connectivity index (χ0) is 23.6. The molecule has 4 N–H and O–H groups in total. The van der Waals surface area contributed by atoms with Crippen LogP contribution in [-0.2, 0) is 20.6 Å². The van der Waals surface area contributed by atoms with Gasteiger partial charge < -0.3 is 11.1 Å². The number of hydrogen-bond donors (Lipinski definition) is 3. The molecule has 172 valence electrons. The van der Waals surface area contributed by atoms with Gasteiger partial charge in [0.05, 0.1) is 18.0 Å². The molecule has 0 atom stereocenters. The second kappa shape index (κ2) is 9.07. The fourth-order valence-electron chi connectivity index (χ4n) is 3.83. The first kappa shape index (κ1) is 22.5. The van der Waals surface area contributed by atoms with E-state index in [2.05, 4.69) is 21.6 Å².